The van der Waals surface area contributed by atoms with Crippen molar-refractivity contribution < 1.29 is 31.2 Å². The van der Waals surface area contributed by atoms with E-state index in [0.717, 1.165) is 10.9 Å². The van der Waals surface area contributed by atoms with E-state index >= 15 is 0 Å². The van der Waals surface area contributed by atoms with Crippen LogP contribution in [0.5, 0.6) is 11.5 Å². The summed E-state index contributed by atoms with van der Waals surface area (Å²) in [5, 5.41) is 5.37. The fourth-order valence-corrected chi connectivity index (χ4v) is 3.60. The Kier molecular flexibility index (Phi) is 7.24. The molecular formula is C18H15F4N3O3S2. The number of thiazole rings is 1. The van der Waals surface area contributed by atoms with Gasteiger partial charge in [-0.15, -0.1) is 11.3 Å². The predicted octanol–water partition coefficient (Wildman–Crippen LogP) is 4.67. The zero-order valence-corrected chi connectivity index (χ0v) is 16.7. The molecule has 0 fully saturated rings. The zero-order chi connectivity index (χ0) is 21.7. The van der Waals surface area contributed by atoms with Gasteiger partial charge in [0.2, 0.25) is 0 Å². The normalized spacial score (nSPS) is 12.2. The van der Waals surface area contributed by atoms with E-state index in [4.69, 9.17) is 5.14 Å². The predicted molar refractivity (Wildman–Crippen MR) is 105 cm³/mol. The van der Waals surface area contributed by atoms with Crippen LogP contribution in [0.2, 0.25) is 0 Å². The molecular weight excluding hydrogens is 446 g/mol. The largest absolute Gasteiger partial charge is 0.431 e. The van der Waals surface area contributed by atoms with Crippen LogP contribution in [-0.2, 0) is 17.5 Å². The highest BCUT2D eigenvalue weighted by atomic mass is 32.2. The Balaban J connectivity index is 2.02. The fourth-order valence-electron chi connectivity index (χ4n) is 2.61. The Labute approximate surface area is 175 Å². The van der Waals surface area contributed by atoms with Gasteiger partial charge in [-0.05, 0) is 36.4 Å². The van der Waals surface area contributed by atoms with Gasteiger partial charge in [0.15, 0.2) is 11.5 Å². The van der Waals surface area contributed by atoms with Gasteiger partial charge in [0.05, 0.1) is 17.0 Å². The van der Waals surface area contributed by atoms with Gasteiger partial charge < -0.3 is 14.4 Å². The van der Waals surface area contributed by atoms with Crippen molar-refractivity contribution in [2.24, 2.45) is 5.14 Å². The monoisotopic (exact) mass is 461 g/mol. The summed E-state index contributed by atoms with van der Waals surface area (Å²) in [5.74, 6) is -1.04. The van der Waals surface area contributed by atoms with Crippen LogP contribution in [-0.4, -0.2) is 22.4 Å². The Morgan fingerprint density at radius 1 is 1.00 bits per heavy atom. The summed E-state index contributed by atoms with van der Waals surface area (Å²) in [7, 11) is -1.66. The minimum atomic E-state index is -3.23. The summed E-state index contributed by atoms with van der Waals surface area (Å²) in [6, 6.07) is 10.2. The van der Waals surface area contributed by atoms with Crippen LogP contribution in [0.1, 0.15) is 4.88 Å². The van der Waals surface area contributed by atoms with Crippen molar-refractivity contribution in [3.05, 3.63) is 59.0 Å². The molecule has 2 N–H and O–H groups in total. The van der Waals surface area contributed by atoms with E-state index in [0.29, 0.717) is 22.8 Å². The number of halogens is 4. The lowest BCUT2D eigenvalue weighted by atomic mass is 10.2. The van der Waals surface area contributed by atoms with Crippen LogP contribution in [0.3, 0.4) is 0 Å². The maximum atomic E-state index is 12.8. The minimum absolute atomic E-state index is 0.304. The van der Waals surface area contributed by atoms with Gasteiger partial charge in [-0.25, -0.2) is 9.35 Å². The molecule has 2 aromatic carbocycles. The van der Waals surface area contributed by atoms with Crippen molar-refractivity contribution in [3.63, 3.8) is 0 Å². The maximum absolute atomic E-state index is 12.8. The molecule has 0 aliphatic carbocycles. The SMILES string of the molecule is NS(=O)c1ccc(N(Cc2cncs2)c2ccc(OC(F)F)c(OC(F)F)c2)cc1. The summed E-state index contributed by atoms with van der Waals surface area (Å²) in [6.07, 6.45) is 1.64. The summed E-state index contributed by atoms with van der Waals surface area (Å²) < 4.78 is 70.9. The van der Waals surface area contributed by atoms with Gasteiger partial charge in [0, 0.05) is 28.5 Å². The molecule has 0 saturated carbocycles. The first kappa shape index (κ1) is 22.0. The number of ether oxygens (including phenoxy) is 2. The summed E-state index contributed by atoms with van der Waals surface area (Å²) in [6.45, 7) is -6.12. The van der Waals surface area contributed by atoms with Gasteiger partial charge >= 0.3 is 13.2 Å². The first-order valence-corrected chi connectivity index (χ1v) is 10.4. The minimum Gasteiger partial charge on any atom is -0.431 e. The number of nitrogens with two attached hydrogens (primary N) is 1. The van der Waals surface area contributed by atoms with Crippen LogP contribution in [0, 0.1) is 0 Å². The number of hydrogen-bond acceptors (Lipinski definition) is 6. The van der Waals surface area contributed by atoms with E-state index < -0.39 is 35.7 Å². The first-order valence-electron chi connectivity index (χ1n) is 8.28. The zero-order valence-electron chi connectivity index (χ0n) is 15.1. The molecule has 1 aromatic heterocycles. The third kappa shape index (κ3) is 5.68. The van der Waals surface area contributed by atoms with E-state index in [9.17, 15) is 21.8 Å². The number of benzene rings is 2. The molecule has 160 valence electrons. The van der Waals surface area contributed by atoms with Crippen molar-refractivity contribution in [1.82, 2.24) is 4.98 Å². The average molecular weight is 461 g/mol. The van der Waals surface area contributed by atoms with Crippen molar-refractivity contribution in [2.75, 3.05) is 4.90 Å². The molecule has 30 heavy (non-hydrogen) atoms. The third-order valence-corrected chi connectivity index (χ3v) is 5.35. The van der Waals surface area contributed by atoms with Crippen LogP contribution < -0.4 is 19.5 Å². The van der Waals surface area contributed by atoms with Crippen LogP contribution in [0.4, 0.5) is 28.9 Å². The molecule has 3 rings (SSSR count). The number of hydrogen-bond donors (Lipinski definition) is 1. The Morgan fingerprint density at radius 2 is 1.63 bits per heavy atom. The molecule has 0 saturated heterocycles. The molecule has 0 spiro atoms. The molecule has 3 aromatic rings. The number of alkyl halides is 4. The molecule has 1 heterocycles. The van der Waals surface area contributed by atoms with Gasteiger partial charge in [-0.3, -0.25) is 4.98 Å². The lowest BCUT2D eigenvalue weighted by Crippen LogP contribution is -2.17. The lowest BCUT2D eigenvalue weighted by molar-refractivity contribution is -0.0692. The summed E-state index contributed by atoms with van der Waals surface area (Å²) in [5.41, 5.74) is 2.63. The molecule has 0 aliphatic heterocycles. The molecule has 0 bridgehead atoms. The van der Waals surface area contributed by atoms with E-state index in [2.05, 4.69) is 14.5 Å². The van der Waals surface area contributed by atoms with Crippen molar-refractivity contribution >= 4 is 33.7 Å². The number of nitrogens with zero attached hydrogens (tertiary/aromatic N) is 2. The van der Waals surface area contributed by atoms with Crippen molar-refractivity contribution in [2.45, 2.75) is 24.7 Å². The molecule has 6 nitrogen and oxygen atoms in total. The van der Waals surface area contributed by atoms with Crippen molar-refractivity contribution in [1.29, 1.82) is 0 Å². The van der Waals surface area contributed by atoms with Crippen LogP contribution >= 0.6 is 11.3 Å². The highest BCUT2D eigenvalue weighted by molar-refractivity contribution is 7.82. The van der Waals surface area contributed by atoms with E-state index in [1.807, 2.05) is 0 Å². The van der Waals surface area contributed by atoms with Crippen LogP contribution in [0.15, 0.2) is 59.1 Å². The first-order chi connectivity index (χ1) is 14.3. The second-order valence-electron chi connectivity index (χ2n) is 5.73. The number of aromatic nitrogens is 1. The lowest BCUT2D eigenvalue weighted by Gasteiger charge is -2.25. The highest BCUT2D eigenvalue weighted by Gasteiger charge is 2.19. The Bertz CT molecular complexity index is 989. The van der Waals surface area contributed by atoms with E-state index in [1.54, 1.807) is 40.9 Å². The Hall–Kier alpha value is -2.70. The molecule has 0 aliphatic rings. The second kappa shape index (κ2) is 9.87. The standard InChI is InChI=1S/C18H15F4N3O3S2/c19-17(20)27-15-6-3-12(7-16(15)28-18(21)22)25(9-13-8-24-10-29-13)11-1-4-14(5-2-11)30(23)26/h1-8,10,17-18H,9,23H2. The van der Waals surface area contributed by atoms with Gasteiger partial charge in [-0.1, -0.05) is 0 Å². The maximum Gasteiger partial charge on any atom is 0.387 e. The number of rotatable bonds is 9. The molecule has 0 radical (unpaired) electrons. The molecule has 1 atom stereocenters. The average Bonchev–Trinajstić information content (AvgIpc) is 3.20. The summed E-state index contributed by atoms with van der Waals surface area (Å²) in [4.78, 5) is 6.99. The molecule has 0 amide bonds. The number of anilines is 2. The fraction of sp³-hybridized carbons (Fsp3) is 0.167. The van der Waals surface area contributed by atoms with E-state index in [-0.39, 0.29) is 0 Å². The van der Waals surface area contributed by atoms with Gasteiger partial charge in [-0.2, -0.15) is 17.6 Å². The topological polar surface area (TPSA) is 77.7 Å². The third-order valence-electron chi connectivity index (χ3n) is 3.85. The van der Waals surface area contributed by atoms with Gasteiger partial charge in [0.25, 0.3) is 0 Å². The second-order valence-corrected chi connectivity index (χ2v) is 7.77. The van der Waals surface area contributed by atoms with Crippen molar-refractivity contribution in [3.8, 4) is 11.5 Å². The van der Waals surface area contributed by atoms with E-state index in [1.165, 1.54) is 23.5 Å². The summed E-state index contributed by atoms with van der Waals surface area (Å²) >= 11 is 1.38. The highest BCUT2D eigenvalue weighted by Crippen LogP contribution is 2.37. The van der Waals surface area contributed by atoms with Crippen LogP contribution in [0.25, 0.3) is 0 Å². The molecule has 12 heteroatoms. The van der Waals surface area contributed by atoms with Gasteiger partial charge in [0.1, 0.15) is 11.0 Å². The quantitative estimate of drug-likeness (QED) is 0.469. The molecule has 1 unspecified atom stereocenters. The Morgan fingerprint density at radius 3 is 2.20 bits per heavy atom. The smallest absolute Gasteiger partial charge is 0.387 e.